The van der Waals surface area contributed by atoms with Crippen LogP contribution in [0.1, 0.15) is 13.8 Å². The molecule has 1 rings (SSSR count). The second kappa shape index (κ2) is 5.56. The second-order valence-corrected chi connectivity index (χ2v) is 3.35. The predicted molar refractivity (Wildman–Crippen MR) is 58.3 cm³/mol. The topological polar surface area (TPSA) is 32.3 Å². The van der Waals surface area contributed by atoms with Gasteiger partial charge in [0, 0.05) is 25.2 Å². The van der Waals surface area contributed by atoms with E-state index in [-0.39, 0.29) is 0 Å². The van der Waals surface area contributed by atoms with Crippen LogP contribution in [0.15, 0.2) is 12.1 Å². The lowest BCUT2D eigenvalue weighted by Gasteiger charge is -2.19. The first-order valence-corrected chi connectivity index (χ1v) is 5.20. The number of hydrogen-bond acceptors (Lipinski definition) is 1. The number of amides is 2. The molecule has 6 heteroatoms. The van der Waals surface area contributed by atoms with Gasteiger partial charge in [-0.3, -0.25) is 0 Å². The smallest absolute Gasteiger partial charge is 0.321 e. The van der Waals surface area contributed by atoms with Crippen molar-refractivity contribution in [2.45, 2.75) is 13.8 Å². The van der Waals surface area contributed by atoms with Crippen LogP contribution in [-0.2, 0) is 0 Å². The highest BCUT2D eigenvalue weighted by molar-refractivity contribution is 5.89. The van der Waals surface area contributed by atoms with E-state index in [1.807, 2.05) is 0 Å². The van der Waals surface area contributed by atoms with Gasteiger partial charge in [0.05, 0.1) is 0 Å². The van der Waals surface area contributed by atoms with Crippen molar-refractivity contribution in [1.29, 1.82) is 0 Å². The van der Waals surface area contributed by atoms with Gasteiger partial charge in [-0.1, -0.05) is 0 Å². The molecule has 0 heterocycles. The van der Waals surface area contributed by atoms with E-state index in [1.54, 1.807) is 13.8 Å². The molecule has 0 radical (unpaired) electrons. The average Bonchev–Trinajstić information content (AvgIpc) is 2.25. The van der Waals surface area contributed by atoms with E-state index in [9.17, 15) is 18.0 Å². The zero-order valence-electron chi connectivity index (χ0n) is 9.56. The van der Waals surface area contributed by atoms with E-state index in [0.29, 0.717) is 25.2 Å². The molecular weight excluding hydrogens is 233 g/mol. The van der Waals surface area contributed by atoms with Crippen molar-refractivity contribution < 1.29 is 18.0 Å². The molecule has 0 unspecified atom stereocenters. The van der Waals surface area contributed by atoms with Gasteiger partial charge in [0.25, 0.3) is 0 Å². The van der Waals surface area contributed by atoms with Crippen LogP contribution in [0.25, 0.3) is 0 Å². The van der Waals surface area contributed by atoms with Crippen molar-refractivity contribution in [2.75, 3.05) is 18.4 Å². The Hall–Kier alpha value is -1.72. The molecule has 0 atom stereocenters. The molecule has 3 nitrogen and oxygen atoms in total. The van der Waals surface area contributed by atoms with Gasteiger partial charge in [0.15, 0.2) is 11.6 Å². The summed E-state index contributed by atoms with van der Waals surface area (Å²) >= 11 is 0. The number of urea groups is 1. The molecule has 1 aromatic carbocycles. The number of nitrogens with zero attached hydrogens (tertiary/aromatic N) is 1. The van der Waals surface area contributed by atoms with E-state index in [0.717, 1.165) is 0 Å². The predicted octanol–water partition coefficient (Wildman–Crippen LogP) is 2.98. The lowest BCUT2D eigenvalue weighted by atomic mass is 10.3. The minimum Gasteiger partial charge on any atom is -0.325 e. The molecule has 0 fully saturated rings. The molecule has 0 spiro atoms. The van der Waals surface area contributed by atoms with Gasteiger partial charge in [-0.25, -0.2) is 18.0 Å². The van der Waals surface area contributed by atoms with Crippen LogP contribution >= 0.6 is 0 Å². The lowest BCUT2D eigenvalue weighted by Crippen LogP contribution is -2.35. The van der Waals surface area contributed by atoms with Gasteiger partial charge in [0.2, 0.25) is 0 Å². The van der Waals surface area contributed by atoms with Gasteiger partial charge in [0.1, 0.15) is 11.5 Å². The summed E-state index contributed by atoms with van der Waals surface area (Å²) < 4.78 is 39.1. The fourth-order valence-corrected chi connectivity index (χ4v) is 1.36. The fourth-order valence-electron chi connectivity index (χ4n) is 1.36. The van der Waals surface area contributed by atoms with Crippen LogP contribution in [0.3, 0.4) is 0 Å². The Labute approximate surface area is 97.2 Å². The molecule has 1 aromatic rings. The third-order valence-electron chi connectivity index (χ3n) is 2.29. The molecule has 2 amide bonds. The van der Waals surface area contributed by atoms with Crippen molar-refractivity contribution in [3.8, 4) is 0 Å². The van der Waals surface area contributed by atoms with Crippen molar-refractivity contribution in [3.05, 3.63) is 29.6 Å². The van der Waals surface area contributed by atoms with Crippen molar-refractivity contribution in [2.24, 2.45) is 0 Å². The molecule has 0 bridgehead atoms. The van der Waals surface area contributed by atoms with Gasteiger partial charge >= 0.3 is 6.03 Å². The summed E-state index contributed by atoms with van der Waals surface area (Å²) in [5.41, 5.74) is -0.636. The molecule has 17 heavy (non-hydrogen) atoms. The number of nitrogens with one attached hydrogen (secondary N) is 1. The Morgan fingerprint density at radius 3 is 2.06 bits per heavy atom. The Bertz CT molecular complexity index is 396. The first-order chi connectivity index (χ1) is 7.99. The molecule has 0 saturated heterocycles. The number of hydrogen-bond donors (Lipinski definition) is 1. The minimum atomic E-state index is -1.14. The zero-order chi connectivity index (χ0) is 13.0. The summed E-state index contributed by atoms with van der Waals surface area (Å²) in [6.07, 6.45) is 0. The van der Waals surface area contributed by atoms with E-state index >= 15 is 0 Å². The highest BCUT2D eigenvalue weighted by Crippen LogP contribution is 2.20. The Kier molecular flexibility index (Phi) is 4.37. The summed E-state index contributed by atoms with van der Waals surface area (Å²) in [5.74, 6) is -3.30. The molecule has 0 saturated carbocycles. The van der Waals surface area contributed by atoms with Gasteiger partial charge in [-0.15, -0.1) is 0 Å². The van der Waals surface area contributed by atoms with Crippen LogP contribution in [-0.4, -0.2) is 24.0 Å². The molecule has 0 aliphatic carbocycles. The van der Waals surface area contributed by atoms with Gasteiger partial charge in [-0.05, 0) is 13.8 Å². The molecule has 1 N–H and O–H groups in total. The molecule has 94 valence electrons. The Morgan fingerprint density at radius 1 is 1.18 bits per heavy atom. The first kappa shape index (κ1) is 13.3. The van der Waals surface area contributed by atoms with Crippen LogP contribution in [0, 0.1) is 17.5 Å². The number of carbonyl (C=O) groups is 1. The minimum absolute atomic E-state index is 0.409. The normalized spacial score (nSPS) is 10.2. The Morgan fingerprint density at radius 2 is 1.65 bits per heavy atom. The monoisotopic (exact) mass is 246 g/mol. The lowest BCUT2D eigenvalue weighted by molar-refractivity contribution is 0.217. The standard InChI is InChI=1S/C11H13F3N2O/c1-3-16(4-2)11(17)15-10-8(13)5-7(12)6-9(10)14/h5-6H,3-4H2,1-2H3,(H,15,17). The SMILES string of the molecule is CCN(CC)C(=O)Nc1c(F)cc(F)cc1F. The number of benzene rings is 1. The van der Waals surface area contributed by atoms with Crippen LogP contribution in [0.5, 0.6) is 0 Å². The summed E-state index contributed by atoms with van der Waals surface area (Å²) in [6.45, 7) is 4.29. The highest BCUT2D eigenvalue weighted by atomic mass is 19.1. The molecule has 0 aliphatic heterocycles. The zero-order valence-corrected chi connectivity index (χ0v) is 9.56. The third-order valence-corrected chi connectivity index (χ3v) is 2.29. The van der Waals surface area contributed by atoms with E-state index in [2.05, 4.69) is 5.32 Å². The number of anilines is 1. The van der Waals surface area contributed by atoms with Gasteiger partial charge < -0.3 is 10.2 Å². The number of halogens is 3. The average molecular weight is 246 g/mol. The van der Waals surface area contributed by atoms with Crippen molar-refractivity contribution >= 4 is 11.7 Å². The highest BCUT2D eigenvalue weighted by Gasteiger charge is 2.16. The first-order valence-electron chi connectivity index (χ1n) is 5.20. The molecular formula is C11H13F3N2O. The second-order valence-electron chi connectivity index (χ2n) is 3.35. The van der Waals surface area contributed by atoms with Crippen LogP contribution in [0.4, 0.5) is 23.7 Å². The fraction of sp³-hybridized carbons (Fsp3) is 0.364. The van der Waals surface area contributed by atoms with Gasteiger partial charge in [-0.2, -0.15) is 0 Å². The number of rotatable bonds is 3. The molecule has 0 aromatic heterocycles. The van der Waals surface area contributed by atoms with Crippen LogP contribution < -0.4 is 5.32 Å². The number of carbonyl (C=O) groups excluding carboxylic acids is 1. The van der Waals surface area contributed by atoms with E-state index in [1.165, 1.54) is 4.90 Å². The summed E-state index contributed by atoms with van der Waals surface area (Å²) in [5, 5.41) is 2.08. The van der Waals surface area contributed by atoms with Crippen molar-refractivity contribution in [1.82, 2.24) is 4.90 Å². The quantitative estimate of drug-likeness (QED) is 0.873. The molecule has 0 aliphatic rings. The maximum Gasteiger partial charge on any atom is 0.321 e. The van der Waals surface area contributed by atoms with E-state index < -0.39 is 29.2 Å². The van der Waals surface area contributed by atoms with E-state index in [4.69, 9.17) is 0 Å². The van der Waals surface area contributed by atoms with Crippen LogP contribution in [0.2, 0.25) is 0 Å². The summed E-state index contributed by atoms with van der Waals surface area (Å²) in [4.78, 5) is 12.9. The summed E-state index contributed by atoms with van der Waals surface area (Å²) in [6, 6.07) is 0.404. The third kappa shape index (κ3) is 3.12. The maximum absolute atomic E-state index is 13.2. The Balaban J connectivity index is 2.92. The van der Waals surface area contributed by atoms with Crippen molar-refractivity contribution in [3.63, 3.8) is 0 Å². The largest absolute Gasteiger partial charge is 0.325 e. The summed E-state index contributed by atoms with van der Waals surface area (Å²) in [7, 11) is 0. The maximum atomic E-state index is 13.2.